The number of hydrogen-bond acceptors (Lipinski definition) is 3. The van der Waals surface area contributed by atoms with E-state index in [0.29, 0.717) is 18.7 Å². The summed E-state index contributed by atoms with van der Waals surface area (Å²) in [5.74, 6) is 0.873. The molecule has 0 spiro atoms. The van der Waals surface area contributed by atoms with Gasteiger partial charge in [-0.2, -0.15) is 5.26 Å². The van der Waals surface area contributed by atoms with Crippen molar-refractivity contribution in [1.29, 1.82) is 5.26 Å². The Balaban J connectivity index is 1.85. The van der Waals surface area contributed by atoms with Gasteiger partial charge in [0.2, 0.25) is 0 Å². The van der Waals surface area contributed by atoms with Gasteiger partial charge in [-0.1, -0.05) is 6.92 Å². The summed E-state index contributed by atoms with van der Waals surface area (Å²) in [5, 5.41) is 8.96. The molecule has 1 heterocycles. The van der Waals surface area contributed by atoms with Gasteiger partial charge in [-0.15, -0.1) is 0 Å². The number of rotatable bonds is 4. The fourth-order valence-corrected chi connectivity index (χ4v) is 3.09. The second-order valence-electron chi connectivity index (χ2n) is 5.64. The van der Waals surface area contributed by atoms with Crippen LogP contribution in [-0.4, -0.2) is 36.7 Å². The van der Waals surface area contributed by atoms with Crippen molar-refractivity contribution in [3.05, 3.63) is 0 Å². The predicted molar refractivity (Wildman–Crippen MR) is 67.6 cm³/mol. The lowest BCUT2D eigenvalue weighted by molar-refractivity contribution is 0.0516. The molecule has 2 fully saturated rings. The Bertz CT molecular complexity index is 260. The minimum atomic E-state index is 0.377. The topological polar surface area (TPSA) is 36.3 Å². The highest BCUT2D eigenvalue weighted by molar-refractivity contribution is 4.86. The molecule has 17 heavy (non-hydrogen) atoms. The van der Waals surface area contributed by atoms with Crippen molar-refractivity contribution in [2.45, 2.75) is 57.6 Å². The van der Waals surface area contributed by atoms with E-state index in [2.05, 4.69) is 17.9 Å². The summed E-state index contributed by atoms with van der Waals surface area (Å²) in [6.45, 7) is 4.78. The normalized spacial score (nSPS) is 33.8. The standard InChI is InChI=1S/C14H24N2O/c1-12-4-6-13(7-5-12)16(9-8-15)11-14-3-2-10-17-14/h12-14H,2-7,9-11H2,1H3. The predicted octanol–water partition coefficient (Wildman–Crippen LogP) is 2.57. The van der Waals surface area contributed by atoms with Crippen LogP contribution in [0.5, 0.6) is 0 Å². The summed E-state index contributed by atoms with van der Waals surface area (Å²) in [4.78, 5) is 2.36. The first-order valence-corrected chi connectivity index (χ1v) is 7.02. The Morgan fingerprint density at radius 2 is 2.00 bits per heavy atom. The molecule has 3 heteroatoms. The Labute approximate surface area is 105 Å². The molecule has 2 rings (SSSR count). The quantitative estimate of drug-likeness (QED) is 0.704. The van der Waals surface area contributed by atoms with Crippen molar-refractivity contribution in [1.82, 2.24) is 4.90 Å². The largest absolute Gasteiger partial charge is 0.377 e. The molecule has 96 valence electrons. The Kier molecular flexibility index (Phi) is 4.82. The summed E-state index contributed by atoms with van der Waals surface area (Å²) in [6, 6.07) is 2.94. The van der Waals surface area contributed by atoms with Gasteiger partial charge in [-0.05, 0) is 44.4 Å². The summed E-state index contributed by atoms with van der Waals surface area (Å²) < 4.78 is 5.69. The monoisotopic (exact) mass is 236 g/mol. The van der Waals surface area contributed by atoms with E-state index in [1.807, 2.05) is 0 Å². The molecular weight excluding hydrogens is 212 g/mol. The van der Waals surface area contributed by atoms with Gasteiger partial charge in [0.25, 0.3) is 0 Å². The zero-order valence-electron chi connectivity index (χ0n) is 10.9. The van der Waals surface area contributed by atoms with Gasteiger partial charge < -0.3 is 4.74 Å². The van der Waals surface area contributed by atoms with Crippen LogP contribution >= 0.6 is 0 Å². The van der Waals surface area contributed by atoms with E-state index >= 15 is 0 Å². The smallest absolute Gasteiger partial charge is 0.0869 e. The molecule has 0 aromatic carbocycles. The van der Waals surface area contributed by atoms with E-state index in [-0.39, 0.29) is 0 Å². The second-order valence-corrected chi connectivity index (χ2v) is 5.64. The third kappa shape index (κ3) is 3.69. The second kappa shape index (κ2) is 6.37. The lowest BCUT2D eigenvalue weighted by Gasteiger charge is -2.35. The van der Waals surface area contributed by atoms with Crippen LogP contribution < -0.4 is 0 Å². The first-order valence-electron chi connectivity index (χ1n) is 7.02. The van der Waals surface area contributed by atoms with Crippen LogP contribution in [0.2, 0.25) is 0 Å². The van der Waals surface area contributed by atoms with Crippen LogP contribution in [0.4, 0.5) is 0 Å². The molecule has 1 saturated carbocycles. The van der Waals surface area contributed by atoms with Crippen LogP contribution in [0.25, 0.3) is 0 Å². The van der Waals surface area contributed by atoms with Gasteiger partial charge in [0.1, 0.15) is 0 Å². The summed E-state index contributed by atoms with van der Waals surface area (Å²) in [7, 11) is 0. The van der Waals surface area contributed by atoms with Crippen molar-refractivity contribution < 1.29 is 4.74 Å². The van der Waals surface area contributed by atoms with Gasteiger partial charge in [0.05, 0.1) is 18.7 Å². The lowest BCUT2D eigenvalue weighted by atomic mass is 9.86. The molecule has 1 saturated heterocycles. The summed E-state index contributed by atoms with van der Waals surface area (Å²) in [5.41, 5.74) is 0. The zero-order valence-corrected chi connectivity index (χ0v) is 10.9. The summed E-state index contributed by atoms with van der Waals surface area (Å²) >= 11 is 0. The van der Waals surface area contributed by atoms with E-state index in [1.54, 1.807) is 0 Å². The molecule has 3 nitrogen and oxygen atoms in total. The first-order chi connectivity index (χ1) is 8.29. The van der Waals surface area contributed by atoms with Gasteiger partial charge in [-0.3, -0.25) is 4.90 Å². The lowest BCUT2D eigenvalue weighted by Crippen LogP contribution is -2.42. The van der Waals surface area contributed by atoms with Gasteiger partial charge in [0, 0.05) is 19.2 Å². The Morgan fingerprint density at radius 1 is 1.24 bits per heavy atom. The highest BCUT2D eigenvalue weighted by Crippen LogP contribution is 2.27. The van der Waals surface area contributed by atoms with Gasteiger partial charge in [-0.25, -0.2) is 0 Å². The maximum atomic E-state index is 8.96. The van der Waals surface area contributed by atoms with Crippen molar-refractivity contribution in [2.75, 3.05) is 19.7 Å². The first kappa shape index (κ1) is 12.9. The van der Waals surface area contributed by atoms with Crippen LogP contribution in [0.15, 0.2) is 0 Å². The minimum Gasteiger partial charge on any atom is -0.377 e. The molecule has 1 unspecified atom stereocenters. The average Bonchev–Trinajstić information content (AvgIpc) is 2.82. The third-order valence-electron chi connectivity index (χ3n) is 4.24. The van der Waals surface area contributed by atoms with Gasteiger partial charge >= 0.3 is 0 Å². The number of nitrogens with zero attached hydrogens (tertiary/aromatic N) is 2. The zero-order chi connectivity index (χ0) is 12.1. The number of hydrogen-bond donors (Lipinski definition) is 0. The molecule has 0 N–H and O–H groups in total. The number of nitriles is 1. The molecule has 2 aliphatic rings. The summed E-state index contributed by atoms with van der Waals surface area (Å²) in [6.07, 6.45) is 7.89. The van der Waals surface area contributed by atoms with Gasteiger partial charge in [0.15, 0.2) is 0 Å². The van der Waals surface area contributed by atoms with Crippen molar-refractivity contribution in [3.63, 3.8) is 0 Å². The molecule has 0 bridgehead atoms. The van der Waals surface area contributed by atoms with E-state index in [0.717, 1.165) is 19.1 Å². The third-order valence-corrected chi connectivity index (χ3v) is 4.24. The van der Waals surface area contributed by atoms with E-state index in [9.17, 15) is 0 Å². The Morgan fingerprint density at radius 3 is 2.59 bits per heavy atom. The molecule has 1 aliphatic heterocycles. The molecule has 0 aromatic rings. The molecule has 0 amide bonds. The van der Waals surface area contributed by atoms with Crippen molar-refractivity contribution >= 4 is 0 Å². The van der Waals surface area contributed by atoms with Crippen LogP contribution in [-0.2, 0) is 4.74 Å². The molecule has 0 aromatic heterocycles. The van der Waals surface area contributed by atoms with Crippen LogP contribution in [0.1, 0.15) is 45.4 Å². The van der Waals surface area contributed by atoms with Crippen molar-refractivity contribution in [2.24, 2.45) is 5.92 Å². The highest BCUT2D eigenvalue weighted by atomic mass is 16.5. The van der Waals surface area contributed by atoms with Crippen molar-refractivity contribution in [3.8, 4) is 6.07 Å². The SMILES string of the molecule is CC1CCC(N(CC#N)CC2CCCO2)CC1. The number of ether oxygens (including phenoxy) is 1. The fraction of sp³-hybridized carbons (Fsp3) is 0.929. The maximum Gasteiger partial charge on any atom is 0.0869 e. The molecule has 1 aliphatic carbocycles. The fourth-order valence-electron chi connectivity index (χ4n) is 3.09. The van der Waals surface area contributed by atoms with E-state index in [1.165, 1.54) is 38.5 Å². The van der Waals surface area contributed by atoms with E-state index < -0.39 is 0 Å². The minimum absolute atomic E-state index is 0.377. The Hall–Kier alpha value is -0.590. The molecule has 0 radical (unpaired) electrons. The average molecular weight is 236 g/mol. The van der Waals surface area contributed by atoms with Crippen LogP contribution in [0.3, 0.4) is 0 Å². The van der Waals surface area contributed by atoms with Crippen LogP contribution in [0, 0.1) is 17.2 Å². The molecule has 1 atom stereocenters. The molecular formula is C14H24N2O. The van der Waals surface area contributed by atoms with E-state index in [4.69, 9.17) is 10.00 Å². The maximum absolute atomic E-state index is 8.96. The highest BCUT2D eigenvalue weighted by Gasteiger charge is 2.27.